The van der Waals surface area contributed by atoms with Crippen molar-refractivity contribution in [1.29, 1.82) is 0 Å². The van der Waals surface area contributed by atoms with Crippen molar-refractivity contribution >= 4 is 5.91 Å². The number of hydrogen-bond donors (Lipinski definition) is 0. The van der Waals surface area contributed by atoms with E-state index in [-0.39, 0.29) is 11.9 Å². The van der Waals surface area contributed by atoms with Gasteiger partial charge >= 0.3 is 0 Å². The average Bonchev–Trinajstić information content (AvgIpc) is 3.06. The van der Waals surface area contributed by atoms with Crippen molar-refractivity contribution in [2.75, 3.05) is 20.3 Å². The van der Waals surface area contributed by atoms with Crippen LogP contribution in [0.1, 0.15) is 27.9 Å². The molecule has 0 N–H and O–H groups in total. The minimum atomic E-state index is -0.185. The Hall–Kier alpha value is -2.15. The highest BCUT2D eigenvalue weighted by molar-refractivity contribution is 5.93. The van der Waals surface area contributed by atoms with Crippen LogP contribution in [-0.4, -0.2) is 50.6 Å². The second-order valence-electron chi connectivity index (χ2n) is 5.27. The number of carbonyl (C=O) groups is 1. The lowest BCUT2D eigenvalue weighted by atomic mass is 10.0. The number of hydrogen-bond acceptors (Lipinski definition) is 4. The van der Waals surface area contributed by atoms with Gasteiger partial charge in [0, 0.05) is 40.4 Å². The Balaban J connectivity index is 1.95. The number of aromatic nitrogens is 4. The standard InChI is InChI=1S/C14H19N5O2/c1-17-7-4-5-11(17)14(20)19-8-6-10-13(12(19)9-21-3)15-16-18(10)2/h4-5,7,12H,6,8-9H2,1-3H3/t12-/m0/s1. The summed E-state index contributed by atoms with van der Waals surface area (Å²) in [5.41, 5.74) is 2.59. The van der Waals surface area contributed by atoms with Crippen LogP contribution in [0.4, 0.5) is 0 Å². The maximum atomic E-state index is 12.8. The molecule has 0 aliphatic carbocycles. The van der Waals surface area contributed by atoms with Crippen LogP contribution in [0, 0.1) is 0 Å². The lowest BCUT2D eigenvalue weighted by Gasteiger charge is -2.34. The molecule has 0 saturated carbocycles. The number of methoxy groups -OCH3 is 1. The Morgan fingerprint density at radius 2 is 2.29 bits per heavy atom. The number of aryl methyl sites for hydroxylation is 2. The molecule has 0 fully saturated rings. The highest BCUT2D eigenvalue weighted by Crippen LogP contribution is 2.29. The van der Waals surface area contributed by atoms with Gasteiger partial charge in [-0.3, -0.25) is 9.48 Å². The van der Waals surface area contributed by atoms with Crippen LogP contribution in [0.2, 0.25) is 0 Å². The van der Waals surface area contributed by atoms with Crippen molar-refractivity contribution in [2.45, 2.75) is 12.5 Å². The van der Waals surface area contributed by atoms with Gasteiger partial charge in [0.15, 0.2) is 0 Å². The summed E-state index contributed by atoms with van der Waals surface area (Å²) < 4.78 is 8.91. The third-order valence-electron chi connectivity index (χ3n) is 4.00. The molecule has 1 atom stereocenters. The molecule has 7 heteroatoms. The summed E-state index contributed by atoms with van der Waals surface area (Å²) >= 11 is 0. The SMILES string of the molecule is COC[C@H]1c2nnn(C)c2CCN1C(=O)c1cccn1C. The summed E-state index contributed by atoms with van der Waals surface area (Å²) in [6.07, 6.45) is 2.63. The van der Waals surface area contributed by atoms with Crippen molar-refractivity contribution in [3.8, 4) is 0 Å². The van der Waals surface area contributed by atoms with E-state index in [4.69, 9.17) is 4.74 Å². The van der Waals surface area contributed by atoms with Crippen molar-refractivity contribution in [2.24, 2.45) is 14.1 Å². The Kier molecular flexibility index (Phi) is 3.50. The van der Waals surface area contributed by atoms with E-state index in [2.05, 4.69) is 10.3 Å². The Bertz CT molecular complexity index is 660. The molecule has 0 saturated heterocycles. The molecule has 0 aromatic carbocycles. The topological polar surface area (TPSA) is 65.2 Å². The fourth-order valence-corrected chi connectivity index (χ4v) is 2.87. The molecule has 3 rings (SSSR count). The van der Waals surface area contributed by atoms with Crippen LogP contribution < -0.4 is 0 Å². The lowest BCUT2D eigenvalue weighted by Crippen LogP contribution is -2.43. The average molecular weight is 289 g/mol. The molecule has 3 heterocycles. The molecule has 21 heavy (non-hydrogen) atoms. The lowest BCUT2D eigenvalue weighted by molar-refractivity contribution is 0.0482. The van der Waals surface area contributed by atoms with Crippen molar-refractivity contribution in [3.63, 3.8) is 0 Å². The largest absolute Gasteiger partial charge is 0.382 e. The molecule has 0 unspecified atom stereocenters. The van der Waals surface area contributed by atoms with Gasteiger partial charge in [-0.05, 0) is 12.1 Å². The summed E-state index contributed by atoms with van der Waals surface area (Å²) in [4.78, 5) is 14.6. The van der Waals surface area contributed by atoms with E-state index in [1.54, 1.807) is 11.8 Å². The van der Waals surface area contributed by atoms with E-state index in [1.807, 2.05) is 41.9 Å². The molecule has 112 valence electrons. The Morgan fingerprint density at radius 3 is 2.95 bits per heavy atom. The number of nitrogens with zero attached hydrogens (tertiary/aromatic N) is 5. The van der Waals surface area contributed by atoms with Crippen LogP contribution in [0.15, 0.2) is 18.3 Å². The molecule has 2 aromatic rings. The first-order chi connectivity index (χ1) is 10.1. The predicted octanol–water partition coefficient (Wildman–Crippen LogP) is 0.540. The van der Waals surface area contributed by atoms with Crippen LogP contribution in [0.3, 0.4) is 0 Å². The van der Waals surface area contributed by atoms with Crippen molar-refractivity contribution in [1.82, 2.24) is 24.5 Å². The van der Waals surface area contributed by atoms with Gasteiger partial charge in [0.05, 0.1) is 12.3 Å². The van der Waals surface area contributed by atoms with Crippen LogP contribution in [0.25, 0.3) is 0 Å². The Morgan fingerprint density at radius 1 is 1.48 bits per heavy atom. The number of carbonyl (C=O) groups excluding carboxylic acids is 1. The summed E-state index contributed by atoms with van der Waals surface area (Å²) in [7, 11) is 5.39. The number of amides is 1. The quantitative estimate of drug-likeness (QED) is 0.827. The smallest absolute Gasteiger partial charge is 0.271 e. The second-order valence-corrected chi connectivity index (χ2v) is 5.27. The summed E-state index contributed by atoms with van der Waals surface area (Å²) in [6, 6.07) is 3.52. The second kappa shape index (κ2) is 5.33. The first-order valence-electron chi connectivity index (χ1n) is 6.93. The minimum absolute atomic E-state index is 0.000790. The normalized spacial score (nSPS) is 17.9. The van der Waals surface area contributed by atoms with E-state index in [1.165, 1.54) is 0 Å². The van der Waals surface area contributed by atoms with Crippen LogP contribution in [-0.2, 0) is 25.3 Å². The maximum absolute atomic E-state index is 12.8. The fourth-order valence-electron chi connectivity index (χ4n) is 2.87. The molecular weight excluding hydrogens is 270 g/mol. The third-order valence-corrected chi connectivity index (χ3v) is 4.00. The summed E-state index contributed by atoms with van der Waals surface area (Å²) in [6.45, 7) is 1.06. The number of rotatable bonds is 3. The van der Waals surface area contributed by atoms with E-state index in [0.717, 1.165) is 17.8 Å². The van der Waals surface area contributed by atoms with Gasteiger partial charge in [0.1, 0.15) is 17.4 Å². The summed E-state index contributed by atoms with van der Waals surface area (Å²) in [5, 5.41) is 8.30. The maximum Gasteiger partial charge on any atom is 0.271 e. The van der Waals surface area contributed by atoms with E-state index < -0.39 is 0 Å². The number of ether oxygens (including phenoxy) is 1. The van der Waals surface area contributed by atoms with Gasteiger partial charge in [-0.2, -0.15) is 0 Å². The predicted molar refractivity (Wildman–Crippen MR) is 75.8 cm³/mol. The summed E-state index contributed by atoms with van der Waals surface area (Å²) in [5.74, 6) is 0.000790. The molecule has 7 nitrogen and oxygen atoms in total. The monoisotopic (exact) mass is 289 g/mol. The van der Waals surface area contributed by atoms with Gasteiger partial charge in [-0.1, -0.05) is 5.21 Å². The molecule has 2 aromatic heterocycles. The van der Waals surface area contributed by atoms with Crippen LogP contribution in [0.5, 0.6) is 0 Å². The molecule has 0 bridgehead atoms. The Labute approximate surface area is 123 Å². The van der Waals surface area contributed by atoms with Crippen molar-refractivity contribution in [3.05, 3.63) is 35.4 Å². The fraction of sp³-hybridized carbons (Fsp3) is 0.500. The zero-order chi connectivity index (χ0) is 15.0. The molecular formula is C14H19N5O2. The molecule has 0 spiro atoms. The highest BCUT2D eigenvalue weighted by Gasteiger charge is 2.35. The molecule has 1 amide bonds. The van der Waals surface area contributed by atoms with Gasteiger partial charge in [-0.15, -0.1) is 5.10 Å². The molecule has 1 aliphatic heterocycles. The highest BCUT2D eigenvalue weighted by atomic mass is 16.5. The van der Waals surface area contributed by atoms with Gasteiger partial charge in [-0.25, -0.2) is 0 Å². The van der Waals surface area contributed by atoms with E-state index >= 15 is 0 Å². The van der Waals surface area contributed by atoms with Crippen molar-refractivity contribution < 1.29 is 9.53 Å². The third kappa shape index (κ3) is 2.23. The zero-order valence-electron chi connectivity index (χ0n) is 12.5. The van der Waals surface area contributed by atoms with Crippen LogP contribution >= 0.6 is 0 Å². The minimum Gasteiger partial charge on any atom is -0.382 e. The zero-order valence-corrected chi connectivity index (χ0v) is 12.5. The van der Waals surface area contributed by atoms with Gasteiger partial charge in [0.2, 0.25) is 0 Å². The molecule has 0 radical (unpaired) electrons. The van der Waals surface area contributed by atoms with Gasteiger partial charge in [0.25, 0.3) is 5.91 Å². The number of fused-ring (bicyclic) bond motifs is 1. The van der Waals surface area contributed by atoms with E-state index in [9.17, 15) is 4.79 Å². The molecule has 1 aliphatic rings. The first-order valence-corrected chi connectivity index (χ1v) is 6.93. The van der Waals surface area contributed by atoms with E-state index in [0.29, 0.717) is 18.8 Å². The van der Waals surface area contributed by atoms with Gasteiger partial charge < -0.3 is 14.2 Å². The first kappa shape index (κ1) is 13.8.